The Balaban J connectivity index is 1.63. The maximum atomic E-state index is 15.2. The molecule has 0 aliphatic carbocycles. The summed E-state index contributed by atoms with van der Waals surface area (Å²) in [7, 11) is 5.85. The van der Waals surface area contributed by atoms with Gasteiger partial charge in [-0.15, -0.1) is 0 Å². The van der Waals surface area contributed by atoms with E-state index < -0.39 is 5.82 Å². The van der Waals surface area contributed by atoms with Crippen LogP contribution in [0.15, 0.2) is 55.4 Å². The molecule has 0 fully saturated rings. The molecule has 0 saturated carbocycles. The number of fused-ring (bicyclic) bond motifs is 2. The van der Waals surface area contributed by atoms with Gasteiger partial charge in [0.15, 0.2) is 5.82 Å². The number of anilines is 2. The standard InChI is InChI=1S/C25H25FN8O/c1-15(12-33(2)3)35-21-10-16(17-11-31-34(4)13-17)9-20-22(21)25(30-14-29-20)32-18-5-6-19-24(23(18)26)28-8-7-27-19/h5-11,13-15H,12H2,1-4H3,(H,29,30,32)/t15-/m1/s1. The van der Waals surface area contributed by atoms with Crippen LogP contribution < -0.4 is 10.1 Å². The Hall–Kier alpha value is -4.18. The number of aryl methyl sites for hydroxylation is 1. The summed E-state index contributed by atoms with van der Waals surface area (Å²) in [6.07, 6.45) is 8.06. The minimum Gasteiger partial charge on any atom is -0.489 e. The Kier molecular flexibility index (Phi) is 5.96. The summed E-state index contributed by atoms with van der Waals surface area (Å²) < 4.78 is 23.4. The highest BCUT2D eigenvalue weighted by atomic mass is 19.1. The van der Waals surface area contributed by atoms with Gasteiger partial charge in [0.2, 0.25) is 0 Å². The molecule has 3 aromatic heterocycles. The summed E-state index contributed by atoms with van der Waals surface area (Å²) in [6, 6.07) is 7.24. The van der Waals surface area contributed by atoms with Crippen LogP contribution >= 0.6 is 0 Å². The number of likely N-dealkylation sites (N-methyl/N-ethyl adjacent to an activating group) is 1. The number of aromatic nitrogens is 6. The van der Waals surface area contributed by atoms with Gasteiger partial charge in [0.1, 0.15) is 29.5 Å². The van der Waals surface area contributed by atoms with Gasteiger partial charge >= 0.3 is 0 Å². The maximum Gasteiger partial charge on any atom is 0.174 e. The Morgan fingerprint density at radius 2 is 1.89 bits per heavy atom. The van der Waals surface area contributed by atoms with Crippen molar-refractivity contribution in [2.75, 3.05) is 26.0 Å². The Morgan fingerprint density at radius 3 is 2.66 bits per heavy atom. The van der Waals surface area contributed by atoms with E-state index in [0.717, 1.165) is 11.1 Å². The lowest BCUT2D eigenvalue weighted by Gasteiger charge is -2.21. The van der Waals surface area contributed by atoms with Crippen molar-refractivity contribution in [2.24, 2.45) is 7.05 Å². The quantitative estimate of drug-likeness (QED) is 0.377. The van der Waals surface area contributed by atoms with Gasteiger partial charge in [0.25, 0.3) is 0 Å². The lowest BCUT2D eigenvalue weighted by Crippen LogP contribution is -2.28. The van der Waals surface area contributed by atoms with Gasteiger partial charge < -0.3 is 15.0 Å². The van der Waals surface area contributed by atoms with Crippen LogP contribution in [0.5, 0.6) is 5.75 Å². The molecule has 2 aromatic carbocycles. The molecule has 10 heteroatoms. The summed E-state index contributed by atoms with van der Waals surface area (Å²) in [5.41, 5.74) is 3.41. The van der Waals surface area contributed by atoms with Crippen LogP contribution in [0, 0.1) is 5.82 Å². The molecule has 0 unspecified atom stereocenters. The molecule has 3 heterocycles. The SMILES string of the molecule is C[C@H](CN(C)C)Oc1cc(-c2cnn(C)c2)cc2ncnc(Nc3ccc4nccnc4c3F)c12. The molecular weight excluding hydrogens is 447 g/mol. The third-order valence-electron chi connectivity index (χ3n) is 5.52. The van der Waals surface area contributed by atoms with Crippen LogP contribution in [-0.2, 0) is 7.05 Å². The molecule has 9 nitrogen and oxygen atoms in total. The number of rotatable bonds is 7. The average molecular weight is 473 g/mol. The van der Waals surface area contributed by atoms with Crippen molar-refractivity contribution in [3.63, 3.8) is 0 Å². The summed E-state index contributed by atoms with van der Waals surface area (Å²) in [6.45, 7) is 2.72. The minimum atomic E-state index is -0.502. The van der Waals surface area contributed by atoms with Gasteiger partial charge in [-0.05, 0) is 50.8 Å². The topological polar surface area (TPSA) is 93.9 Å². The van der Waals surface area contributed by atoms with Crippen molar-refractivity contribution in [1.29, 1.82) is 0 Å². The van der Waals surface area contributed by atoms with Crippen LogP contribution in [0.3, 0.4) is 0 Å². The number of hydrogen-bond acceptors (Lipinski definition) is 8. The molecular formula is C25H25FN8O. The summed E-state index contributed by atoms with van der Waals surface area (Å²) in [5, 5.41) is 8.06. The van der Waals surface area contributed by atoms with E-state index in [9.17, 15) is 0 Å². The normalized spacial score (nSPS) is 12.4. The fourth-order valence-electron chi connectivity index (χ4n) is 4.07. The number of nitrogens with zero attached hydrogens (tertiary/aromatic N) is 7. The van der Waals surface area contributed by atoms with Gasteiger partial charge in [-0.25, -0.2) is 19.3 Å². The van der Waals surface area contributed by atoms with Gasteiger partial charge in [0, 0.05) is 37.7 Å². The first-order valence-corrected chi connectivity index (χ1v) is 11.1. The minimum absolute atomic E-state index is 0.113. The fraction of sp³-hybridized carbons (Fsp3) is 0.240. The number of hydrogen-bond donors (Lipinski definition) is 1. The van der Waals surface area contributed by atoms with Crippen molar-refractivity contribution in [2.45, 2.75) is 13.0 Å². The predicted octanol–water partition coefficient (Wildman–Crippen LogP) is 4.19. The molecule has 1 N–H and O–H groups in total. The van der Waals surface area contributed by atoms with Gasteiger partial charge in [-0.1, -0.05) is 0 Å². The molecule has 0 aliphatic heterocycles. The average Bonchev–Trinajstić information content (AvgIpc) is 3.26. The van der Waals surface area contributed by atoms with Crippen LogP contribution in [0.2, 0.25) is 0 Å². The van der Waals surface area contributed by atoms with E-state index in [-0.39, 0.29) is 17.3 Å². The molecule has 0 bridgehead atoms. The Morgan fingerprint density at radius 1 is 1.06 bits per heavy atom. The Labute approximate surface area is 201 Å². The molecule has 0 radical (unpaired) electrons. The molecule has 5 rings (SSSR count). The first-order chi connectivity index (χ1) is 16.9. The third kappa shape index (κ3) is 4.60. The number of halogens is 1. The molecule has 0 saturated heterocycles. The van der Waals surface area contributed by atoms with E-state index in [0.29, 0.717) is 34.5 Å². The third-order valence-corrected chi connectivity index (χ3v) is 5.52. The van der Waals surface area contributed by atoms with Crippen molar-refractivity contribution < 1.29 is 9.13 Å². The second-order valence-corrected chi connectivity index (χ2v) is 8.66. The van der Waals surface area contributed by atoms with Crippen LogP contribution in [0.1, 0.15) is 6.92 Å². The summed E-state index contributed by atoms with van der Waals surface area (Å²) in [5.74, 6) is 0.527. The number of ether oxygens (including phenoxy) is 1. The van der Waals surface area contributed by atoms with Crippen molar-refractivity contribution in [3.8, 4) is 16.9 Å². The molecule has 0 amide bonds. The van der Waals surface area contributed by atoms with Crippen LogP contribution in [-0.4, -0.2) is 61.4 Å². The largest absolute Gasteiger partial charge is 0.489 e. The molecule has 0 aliphatic rings. The summed E-state index contributed by atoms with van der Waals surface area (Å²) in [4.78, 5) is 19.3. The smallest absolute Gasteiger partial charge is 0.174 e. The highest BCUT2D eigenvalue weighted by Crippen LogP contribution is 2.37. The van der Waals surface area contributed by atoms with Crippen molar-refractivity contribution in [3.05, 3.63) is 61.2 Å². The second-order valence-electron chi connectivity index (χ2n) is 8.66. The second kappa shape index (κ2) is 9.22. The molecule has 1 atom stereocenters. The predicted molar refractivity (Wildman–Crippen MR) is 133 cm³/mol. The lowest BCUT2D eigenvalue weighted by atomic mass is 10.1. The highest BCUT2D eigenvalue weighted by Gasteiger charge is 2.18. The Bertz CT molecular complexity index is 1520. The van der Waals surface area contributed by atoms with Gasteiger partial charge in [0.05, 0.1) is 28.3 Å². The fourth-order valence-corrected chi connectivity index (χ4v) is 4.07. The van der Waals surface area contributed by atoms with E-state index in [1.54, 1.807) is 23.0 Å². The van der Waals surface area contributed by atoms with Gasteiger partial charge in [-0.2, -0.15) is 5.10 Å². The van der Waals surface area contributed by atoms with E-state index in [4.69, 9.17) is 4.74 Å². The molecule has 35 heavy (non-hydrogen) atoms. The number of nitrogens with one attached hydrogen (secondary N) is 1. The van der Waals surface area contributed by atoms with Crippen LogP contribution in [0.4, 0.5) is 15.9 Å². The van der Waals surface area contributed by atoms with E-state index >= 15 is 4.39 Å². The van der Waals surface area contributed by atoms with Gasteiger partial charge in [-0.3, -0.25) is 9.67 Å². The van der Waals surface area contributed by atoms with Crippen molar-refractivity contribution >= 4 is 33.4 Å². The zero-order chi connectivity index (χ0) is 24.5. The molecule has 5 aromatic rings. The zero-order valence-corrected chi connectivity index (χ0v) is 19.9. The first kappa shape index (κ1) is 22.6. The number of benzene rings is 2. The highest BCUT2D eigenvalue weighted by molar-refractivity contribution is 5.99. The monoisotopic (exact) mass is 472 g/mol. The molecule has 0 spiro atoms. The zero-order valence-electron chi connectivity index (χ0n) is 19.9. The molecule has 178 valence electrons. The first-order valence-electron chi connectivity index (χ1n) is 11.1. The lowest BCUT2D eigenvalue weighted by molar-refractivity contribution is 0.179. The van der Waals surface area contributed by atoms with E-state index in [1.807, 2.05) is 46.4 Å². The van der Waals surface area contributed by atoms with E-state index in [2.05, 4.69) is 35.3 Å². The van der Waals surface area contributed by atoms with Crippen molar-refractivity contribution in [1.82, 2.24) is 34.6 Å². The maximum absolute atomic E-state index is 15.2. The van der Waals surface area contributed by atoms with E-state index in [1.165, 1.54) is 18.7 Å². The van der Waals surface area contributed by atoms with Crippen LogP contribution in [0.25, 0.3) is 33.1 Å². The summed E-state index contributed by atoms with van der Waals surface area (Å²) >= 11 is 0.